The Hall–Kier alpha value is -2.02. The van der Waals surface area contributed by atoms with Crippen molar-refractivity contribution in [2.45, 2.75) is 32.2 Å². The lowest BCUT2D eigenvalue weighted by molar-refractivity contribution is 0.600. The van der Waals surface area contributed by atoms with E-state index in [0.717, 1.165) is 18.8 Å². The van der Waals surface area contributed by atoms with Gasteiger partial charge in [-0.3, -0.25) is 9.40 Å². The third-order valence-electron chi connectivity index (χ3n) is 3.49. The lowest BCUT2D eigenvalue weighted by Gasteiger charge is -2.21. The molecule has 0 unspecified atom stereocenters. The van der Waals surface area contributed by atoms with Gasteiger partial charge in [0.25, 0.3) is 10.0 Å². The van der Waals surface area contributed by atoms with Crippen LogP contribution in [-0.2, 0) is 16.6 Å². The fourth-order valence-corrected chi connectivity index (χ4v) is 3.21. The Labute approximate surface area is 131 Å². The van der Waals surface area contributed by atoms with Gasteiger partial charge in [0.2, 0.25) is 0 Å². The van der Waals surface area contributed by atoms with E-state index < -0.39 is 10.0 Å². The summed E-state index contributed by atoms with van der Waals surface area (Å²) >= 11 is 0. The molecule has 0 radical (unpaired) electrons. The number of hydrogen-bond donors (Lipinski definition) is 1. The molecule has 1 aromatic carbocycles. The van der Waals surface area contributed by atoms with Crippen molar-refractivity contribution < 1.29 is 8.42 Å². The summed E-state index contributed by atoms with van der Waals surface area (Å²) in [6.07, 6.45) is 2.88. The summed E-state index contributed by atoms with van der Waals surface area (Å²) in [5.74, 6) is 0. The first-order valence-electron chi connectivity index (χ1n) is 7.40. The Morgan fingerprint density at radius 3 is 2.27 bits per heavy atom. The molecule has 0 bridgehead atoms. The normalized spacial score (nSPS) is 11.4. The SMILES string of the molecule is CCN(CC)c1ccc(NS(=O)(=O)c2cnn(CC)c2)cc1. The average molecular weight is 322 g/mol. The molecule has 0 aliphatic heterocycles. The molecule has 0 amide bonds. The van der Waals surface area contributed by atoms with Crippen molar-refractivity contribution in [1.82, 2.24) is 9.78 Å². The van der Waals surface area contributed by atoms with Gasteiger partial charge >= 0.3 is 0 Å². The number of aromatic nitrogens is 2. The summed E-state index contributed by atoms with van der Waals surface area (Å²) in [5.41, 5.74) is 1.62. The first-order chi connectivity index (χ1) is 10.5. The summed E-state index contributed by atoms with van der Waals surface area (Å²) in [5, 5.41) is 3.99. The van der Waals surface area contributed by atoms with Crippen LogP contribution in [0.15, 0.2) is 41.6 Å². The lowest BCUT2D eigenvalue weighted by atomic mass is 10.2. The third-order valence-corrected chi connectivity index (χ3v) is 4.83. The van der Waals surface area contributed by atoms with Crippen molar-refractivity contribution in [3.8, 4) is 0 Å². The maximum atomic E-state index is 12.3. The molecule has 0 saturated heterocycles. The number of nitrogens with zero attached hydrogens (tertiary/aromatic N) is 3. The van der Waals surface area contributed by atoms with Crippen LogP contribution in [0.5, 0.6) is 0 Å². The number of rotatable bonds is 7. The molecule has 0 atom stereocenters. The minimum atomic E-state index is -3.59. The van der Waals surface area contributed by atoms with Crippen LogP contribution in [0.4, 0.5) is 11.4 Å². The Kier molecular flexibility index (Phi) is 5.07. The van der Waals surface area contributed by atoms with Gasteiger partial charge in [0, 0.05) is 37.2 Å². The first-order valence-corrected chi connectivity index (χ1v) is 8.88. The number of benzene rings is 1. The monoisotopic (exact) mass is 322 g/mol. The molecule has 2 aromatic rings. The van der Waals surface area contributed by atoms with Crippen molar-refractivity contribution in [3.63, 3.8) is 0 Å². The van der Waals surface area contributed by atoms with Crippen molar-refractivity contribution in [1.29, 1.82) is 0 Å². The minimum absolute atomic E-state index is 0.169. The molecule has 0 fully saturated rings. The van der Waals surface area contributed by atoms with E-state index in [2.05, 4.69) is 28.6 Å². The van der Waals surface area contributed by atoms with Gasteiger partial charge in [-0.05, 0) is 45.0 Å². The maximum Gasteiger partial charge on any atom is 0.265 e. The van der Waals surface area contributed by atoms with Gasteiger partial charge in [-0.15, -0.1) is 0 Å². The number of aryl methyl sites for hydroxylation is 1. The Morgan fingerprint density at radius 2 is 1.77 bits per heavy atom. The first kappa shape index (κ1) is 16.4. The smallest absolute Gasteiger partial charge is 0.265 e. The van der Waals surface area contributed by atoms with Crippen LogP contribution in [0.2, 0.25) is 0 Å². The summed E-state index contributed by atoms with van der Waals surface area (Å²) in [4.78, 5) is 2.37. The number of anilines is 2. The zero-order chi connectivity index (χ0) is 16.2. The van der Waals surface area contributed by atoms with Gasteiger partial charge in [-0.25, -0.2) is 8.42 Å². The maximum absolute atomic E-state index is 12.3. The zero-order valence-corrected chi connectivity index (χ0v) is 14.0. The topological polar surface area (TPSA) is 67.2 Å². The summed E-state index contributed by atoms with van der Waals surface area (Å²) in [6.45, 7) is 8.55. The second kappa shape index (κ2) is 6.83. The van der Waals surface area contributed by atoms with E-state index in [9.17, 15) is 8.42 Å². The number of hydrogen-bond acceptors (Lipinski definition) is 4. The minimum Gasteiger partial charge on any atom is -0.372 e. The van der Waals surface area contributed by atoms with Crippen LogP contribution in [0.3, 0.4) is 0 Å². The summed E-state index contributed by atoms with van der Waals surface area (Å²) < 4.78 is 28.7. The highest BCUT2D eigenvalue weighted by Gasteiger charge is 2.16. The van der Waals surface area contributed by atoms with Crippen LogP contribution in [-0.4, -0.2) is 31.3 Å². The highest BCUT2D eigenvalue weighted by molar-refractivity contribution is 7.92. The molecule has 6 nitrogen and oxygen atoms in total. The molecular weight excluding hydrogens is 300 g/mol. The average Bonchev–Trinajstić information content (AvgIpc) is 3.00. The summed E-state index contributed by atoms with van der Waals surface area (Å²) in [6, 6.07) is 7.38. The van der Waals surface area contributed by atoms with Gasteiger partial charge < -0.3 is 4.90 Å². The molecule has 22 heavy (non-hydrogen) atoms. The highest BCUT2D eigenvalue weighted by Crippen LogP contribution is 2.20. The highest BCUT2D eigenvalue weighted by atomic mass is 32.2. The second-order valence-corrected chi connectivity index (χ2v) is 6.54. The molecule has 1 heterocycles. The molecule has 7 heteroatoms. The fraction of sp³-hybridized carbons (Fsp3) is 0.400. The molecule has 0 aliphatic carbocycles. The van der Waals surface area contributed by atoms with E-state index in [-0.39, 0.29) is 4.90 Å². The number of nitrogens with one attached hydrogen (secondary N) is 1. The van der Waals surface area contributed by atoms with E-state index in [4.69, 9.17) is 0 Å². The van der Waals surface area contributed by atoms with E-state index in [1.807, 2.05) is 19.1 Å². The van der Waals surface area contributed by atoms with E-state index >= 15 is 0 Å². The van der Waals surface area contributed by atoms with Crippen molar-refractivity contribution in [3.05, 3.63) is 36.7 Å². The van der Waals surface area contributed by atoms with Crippen LogP contribution in [0, 0.1) is 0 Å². The predicted molar refractivity (Wildman–Crippen MR) is 88.7 cm³/mol. The molecule has 2 rings (SSSR count). The molecule has 1 N–H and O–H groups in total. The Balaban J connectivity index is 2.16. The molecule has 0 saturated carbocycles. The standard InChI is InChI=1S/C15H22N4O2S/c1-4-18(5-2)14-9-7-13(8-10-14)17-22(20,21)15-11-16-19(6-3)12-15/h7-12,17H,4-6H2,1-3H3. The van der Waals surface area contributed by atoms with E-state index in [1.165, 1.54) is 12.4 Å². The quantitative estimate of drug-likeness (QED) is 0.850. The second-order valence-electron chi connectivity index (χ2n) is 4.86. The van der Waals surface area contributed by atoms with Crippen LogP contribution < -0.4 is 9.62 Å². The fourth-order valence-electron chi connectivity index (χ4n) is 2.20. The summed E-state index contributed by atoms with van der Waals surface area (Å²) in [7, 11) is -3.59. The molecule has 0 spiro atoms. The number of sulfonamides is 1. The predicted octanol–water partition coefficient (Wildman–Crippen LogP) is 2.55. The van der Waals surface area contributed by atoms with E-state index in [1.54, 1.807) is 16.8 Å². The van der Waals surface area contributed by atoms with Crippen LogP contribution >= 0.6 is 0 Å². The lowest BCUT2D eigenvalue weighted by Crippen LogP contribution is -2.21. The van der Waals surface area contributed by atoms with Crippen LogP contribution in [0.25, 0.3) is 0 Å². The largest absolute Gasteiger partial charge is 0.372 e. The molecule has 0 aliphatic rings. The Morgan fingerprint density at radius 1 is 1.14 bits per heavy atom. The van der Waals surface area contributed by atoms with Crippen molar-refractivity contribution in [2.24, 2.45) is 0 Å². The Bertz CT molecular complexity index is 703. The molecular formula is C15H22N4O2S. The van der Waals surface area contributed by atoms with Crippen molar-refractivity contribution in [2.75, 3.05) is 22.7 Å². The molecule has 120 valence electrons. The van der Waals surface area contributed by atoms with E-state index in [0.29, 0.717) is 12.2 Å². The van der Waals surface area contributed by atoms with Crippen LogP contribution in [0.1, 0.15) is 20.8 Å². The third kappa shape index (κ3) is 3.59. The van der Waals surface area contributed by atoms with Gasteiger partial charge in [0.15, 0.2) is 0 Å². The van der Waals surface area contributed by atoms with Gasteiger partial charge in [-0.1, -0.05) is 0 Å². The van der Waals surface area contributed by atoms with Crippen molar-refractivity contribution >= 4 is 21.4 Å². The molecule has 1 aromatic heterocycles. The van der Waals surface area contributed by atoms with Gasteiger partial charge in [0.1, 0.15) is 4.90 Å². The zero-order valence-electron chi connectivity index (χ0n) is 13.2. The van der Waals surface area contributed by atoms with Gasteiger partial charge in [-0.2, -0.15) is 5.10 Å². The van der Waals surface area contributed by atoms with Gasteiger partial charge in [0.05, 0.1) is 6.20 Å².